The SMILES string of the molecule is C[C@]12CC[C@H](O)CC1=CC[C@H]1[C@H]2CC[C@]2(C)C(=O)/C(=C\c3ccc([N+](=O)[O-])cc3)C[C@@H]12. The Bertz CT molecular complexity index is 993. The van der Waals surface area contributed by atoms with Crippen molar-refractivity contribution in [1.29, 1.82) is 0 Å². The number of hydrogen-bond donors (Lipinski definition) is 1. The maximum absolute atomic E-state index is 13.5. The second kappa shape index (κ2) is 7.13. The Morgan fingerprint density at radius 2 is 1.77 bits per heavy atom. The van der Waals surface area contributed by atoms with Gasteiger partial charge in [0.15, 0.2) is 5.78 Å². The number of non-ortho nitro benzene ring substituents is 1. The van der Waals surface area contributed by atoms with Gasteiger partial charge in [0.2, 0.25) is 0 Å². The van der Waals surface area contributed by atoms with Gasteiger partial charge in [0.05, 0.1) is 11.0 Å². The maximum atomic E-state index is 13.5. The summed E-state index contributed by atoms with van der Waals surface area (Å²) >= 11 is 0. The number of allylic oxidation sites excluding steroid dienone is 2. The minimum absolute atomic E-state index is 0.0685. The van der Waals surface area contributed by atoms with Crippen LogP contribution in [0.15, 0.2) is 41.5 Å². The summed E-state index contributed by atoms with van der Waals surface area (Å²) in [4.78, 5) is 24.0. The van der Waals surface area contributed by atoms with Crippen LogP contribution in [0, 0.1) is 38.7 Å². The number of carbonyl (C=O) groups excluding carboxylic acids is 1. The van der Waals surface area contributed by atoms with Crippen LogP contribution < -0.4 is 0 Å². The molecule has 0 unspecified atom stereocenters. The third kappa shape index (κ3) is 3.12. The fraction of sp³-hybridized carbons (Fsp3) is 0.577. The van der Waals surface area contributed by atoms with E-state index in [0.717, 1.165) is 56.1 Å². The number of Topliss-reactive ketones (excluding diaryl/α,β-unsaturated/α-hetero) is 1. The van der Waals surface area contributed by atoms with Crippen LogP contribution in [-0.4, -0.2) is 21.9 Å². The molecule has 3 fully saturated rings. The molecule has 5 rings (SSSR count). The minimum Gasteiger partial charge on any atom is -0.393 e. The Balaban J connectivity index is 1.44. The van der Waals surface area contributed by atoms with Gasteiger partial charge in [-0.15, -0.1) is 0 Å². The van der Waals surface area contributed by atoms with E-state index in [0.29, 0.717) is 17.8 Å². The number of benzene rings is 1. The smallest absolute Gasteiger partial charge is 0.269 e. The molecule has 3 saturated carbocycles. The van der Waals surface area contributed by atoms with Gasteiger partial charge < -0.3 is 5.11 Å². The van der Waals surface area contributed by atoms with Crippen molar-refractivity contribution in [2.45, 2.75) is 64.9 Å². The molecule has 5 nitrogen and oxygen atoms in total. The Morgan fingerprint density at radius 3 is 2.48 bits per heavy atom. The first-order valence-electron chi connectivity index (χ1n) is 11.6. The lowest BCUT2D eigenvalue weighted by atomic mass is 9.48. The van der Waals surface area contributed by atoms with Crippen molar-refractivity contribution < 1.29 is 14.8 Å². The van der Waals surface area contributed by atoms with E-state index in [1.165, 1.54) is 17.7 Å². The first-order valence-corrected chi connectivity index (χ1v) is 11.6. The summed E-state index contributed by atoms with van der Waals surface area (Å²) in [7, 11) is 0. The molecule has 0 saturated heterocycles. The minimum atomic E-state index is -0.400. The van der Waals surface area contributed by atoms with Gasteiger partial charge in [-0.2, -0.15) is 0 Å². The van der Waals surface area contributed by atoms with Crippen LogP contribution in [0.2, 0.25) is 0 Å². The number of nitro benzene ring substituents is 1. The van der Waals surface area contributed by atoms with Crippen LogP contribution in [-0.2, 0) is 4.79 Å². The zero-order valence-corrected chi connectivity index (χ0v) is 18.3. The van der Waals surface area contributed by atoms with E-state index in [1.54, 1.807) is 12.1 Å². The lowest BCUT2D eigenvalue weighted by Crippen LogP contribution is -2.50. The van der Waals surface area contributed by atoms with E-state index in [1.807, 2.05) is 6.08 Å². The second-order valence-corrected chi connectivity index (χ2v) is 10.7. The average Bonchev–Trinajstić information content (AvgIpc) is 2.99. The lowest BCUT2D eigenvalue weighted by molar-refractivity contribution is -0.384. The monoisotopic (exact) mass is 421 g/mol. The Morgan fingerprint density at radius 1 is 1.06 bits per heavy atom. The van der Waals surface area contributed by atoms with Crippen LogP contribution >= 0.6 is 0 Å². The highest BCUT2D eigenvalue weighted by molar-refractivity contribution is 6.06. The molecule has 0 amide bonds. The van der Waals surface area contributed by atoms with Gasteiger partial charge in [-0.25, -0.2) is 0 Å². The third-order valence-electron chi connectivity index (χ3n) is 9.16. The Hall–Kier alpha value is -2.27. The molecule has 4 aliphatic rings. The van der Waals surface area contributed by atoms with Crippen LogP contribution in [0.4, 0.5) is 5.69 Å². The summed E-state index contributed by atoms with van der Waals surface area (Å²) in [5.41, 5.74) is 3.11. The summed E-state index contributed by atoms with van der Waals surface area (Å²) in [6, 6.07) is 6.47. The first-order chi connectivity index (χ1) is 14.7. The van der Waals surface area contributed by atoms with E-state index in [9.17, 15) is 20.0 Å². The Labute approximate surface area is 183 Å². The van der Waals surface area contributed by atoms with Gasteiger partial charge in [-0.3, -0.25) is 14.9 Å². The number of ketones is 1. The molecule has 0 bridgehead atoms. The quantitative estimate of drug-likeness (QED) is 0.297. The number of hydrogen-bond acceptors (Lipinski definition) is 4. The van der Waals surface area contributed by atoms with Gasteiger partial charge in [0.25, 0.3) is 5.69 Å². The number of carbonyl (C=O) groups is 1. The molecule has 1 aromatic carbocycles. The lowest BCUT2D eigenvalue weighted by Gasteiger charge is -2.56. The summed E-state index contributed by atoms with van der Waals surface area (Å²) in [5.74, 6) is 1.72. The standard InChI is InChI=1S/C26H31NO4/c1-25-11-9-20(28)15-18(25)5-8-21-22(25)10-12-26(2)23(21)14-17(24(26)29)13-16-3-6-19(7-4-16)27(30)31/h3-7,13,20-23,28H,8-12,14-15H2,1-2H3/b17-13-/t20-,21-,22+,23-,25-,26-/m0/s1. The molecule has 0 heterocycles. The third-order valence-corrected chi connectivity index (χ3v) is 9.16. The molecule has 1 aromatic rings. The second-order valence-electron chi connectivity index (χ2n) is 10.7. The van der Waals surface area contributed by atoms with Crippen LogP contribution in [0.5, 0.6) is 0 Å². The largest absolute Gasteiger partial charge is 0.393 e. The number of aliphatic hydroxyl groups is 1. The predicted octanol–water partition coefficient (Wildman–Crippen LogP) is 5.48. The zero-order valence-electron chi connectivity index (χ0n) is 18.3. The molecule has 0 aliphatic heterocycles. The number of nitro groups is 1. The molecular weight excluding hydrogens is 390 g/mol. The number of nitrogens with zero attached hydrogens (tertiary/aromatic N) is 1. The fourth-order valence-electron chi connectivity index (χ4n) is 7.33. The van der Waals surface area contributed by atoms with Gasteiger partial charge in [0.1, 0.15) is 0 Å². The normalized spacial score (nSPS) is 40.7. The van der Waals surface area contributed by atoms with Gasteiger partial charge in [-0.05, 0) is 97.5 Å². The fourth-order valence-corrected chi connectivity index (χ4v) is 7.33. The summed E-state index contributed by atoms with van der Waals surface area (Å²) < 4.78 is 0. The molecule has 5 heteroatoms. The topological polar surface area (TPSA) is 80.4 Å². The number of aliphatic hydroxyl groups excluding tert-OH is 1. The molecule has 164 valence electrons. The Kier molecular flexibility index (Phi) is 4.74. The van der Waals surface area contributed by atoms with E-state index < -0.39 is 4.92 Å². The van der Waals surface area contributed by atoms with Crippen molar-refractivity contribution in [1.82, 2.24) is 0 Å². The molecule has 0 spiro atoms. The van der Waals surface area contributed by atoms with E-state index in [2.05, 4.69) is 19.9 Å². The van der Waals surface area contributed by atoms with Gasteiger partial charge in [0, 0.05) is 17.5 Å². The van der Waals surface area contributed by atoms with Crippen molar-refractivity contribution in [3.8, 4) is 0 Å². The highest BCUT2D eigenvalue weighted by Gasteiger charge is 2.59. The first kappa shape index (κ1) is 20.6. The van der Waals surface area contributed by atoms with Crippen molar-refractivity contribution in [3.05, 3.63) is 57.2 Å². The molecule has 0 aromatic heterocycles. The summed E-state index contributed by atoms with van der Waals surface area (Å²) in [5, 5.41) is 21.1. The van der Waals surface area contributed by atoms with Gasteiger partial charge >= 0.3 is 0 Å². The van der Waals surface area contributed by atoms with Crippen molar-refractivity contribution in [2.75, 3.05) is 0 Å². The van der Waals surface area contributed by atoms with Gasteiger partial charge in [-0.1, -0.05) is 25.5 Å². The molecule has 6 atom stereocenters. The molecule has 4 aliphatic carbocycles. The van der Waals surface area contributed by atoms with E-state index >= 15 is 0 Å². The van der Waals surface area contributed by atoms with E-state index in [-0.39, 0.29) is 28.4 Å². The van der Waals surface area contributed by atoms with Crippen molar-refractivity contribution in [3.63, 3.8) is 0 Å². The maximum Gasteiger partial charge on any atom is 0.269 e. The number of fused-ring (bicyclic) bond motifs is 5. The average molecular weight is 422 g/mol. The predicted molar refractivity (Wildman–Crippen MR) is 119 cm³/mol. The molecule has 31 heavy (non-hydrogen) atoms. The van der Waals surface area contributed by atoms with Crippen molar-refractivity contribution >= 4 is 17.5 Å². The molecular formula is C26H31NO4. The highest BCUT2D eigenvalue weighted by atomic mass is 16.6. The summed E-state index contributed by atoms with van der Waals surface area (Å²) in [6.45, 7) is 4.56. The summed E-state index contributed by atoms with van der Waals surface area (Å²) in [6.07, 6.45) is 10.7. The van der Waals surface area contributed by atoms with Crippen LogP contribution in [0.25, 0.3) is 6.08 Å². The van der Waals surface area contributed by atoms with Crippen LogP contribution in [0.3, 0.4) is 0 Å². The van der Waals surface area contributed by atoms with Crippen LogP contribution in [0.1, 0.15) is 64.4 Å². The molecule has 1 N–H and O–H groups in total. The van der Waals surface area contributed by atoms with Crippen molar-refractivity contribution in [2.24, 2.45) is 28.6 Å². The van der Waals surface area contributed by atoms with E-state index in [4.69, 9.17) is 0 Å². The molecule has 0 radical (unpaired) electrons. The number of rotatable bonds is 2. The zero-order chi connectivity index (χ0) is 22.0. The highest BCUT2D eigenvalue weighted by Crippen LogP contribution is 2.64.